The van der Waals surface area contributed by atoms with Gasteiger partial charge in [-0.1, -0.05) is 43.0 Å². The average molecular weight is 278 g/mol. The van der Waals surface area contributed by atoms with Crippen LogP contribution in [0.1, 0.15) is 63.5 Å². The topological polar surface area (TPSA) is 12.0 Å². The zero-order valence-corrected chi connectivity index (χ0v) is 12.5. The van der Waals surface area contributed by atoms with Gasteiger partial charge in [0.25, 0.3) is 0 Å². The van der Waals surface area contributed by atoms with Gasteiger partial charge in [0.05, 0.1) is 0 Å². The molecule has 1 spiro atoms. The molecule has 104 valence electrons. The molecule has 2 fully saturated rings. The summed E-state index contributed by atoms with van der Waals surface area (Å²) in [7, 11) is 0. The summed E-state index contributed by atoms with van der Waals surface area (Å²) >= 11 is 6.09. The van der Waals surface area contributed by atoms with E-state index in [1.165, 1.54) is 50.5 Å². The third-order valence-corrected chi connectivity index (χ3v) is 5.55. The first kappa shape index (κ1) is 13.5. The van der Waals surface area contributed by atoms with E-state index in [1.807, 2.05) is 12.1 Å². The third kappa shape index (κ3) is 2.68. The minimum atomic E-state index is 0.405. The van der Waals surface area contributed by atoms with Crippen LogP contribution in [-0.4, -0.2) is 6.04 Å². The van der Waals surface area contributed by atoms with Crippen LogP contribution in [0.2, 0.25) is 5.02 Å². The molecule has 0 radical (unpaired) electrons. The molecule has 0 heterocycles. The molecule has 0 aromatic heterocycles. The lowest BCUT2D eigenvalue weighted by Crippen LogP contribution is -2.54. The highest BCUT2D eigenvalue weighted by Crippen LogP contribution is 2.52. The van der Waals surface area contributed by atoms with Crippen molar-refractivity contribution in [1.82, 2.24) is 5.32 Å². The highest BCUT2D eigenvalue weighted by atomic mass is 35.5. The summed E-state index contributed by atoms with van der Waals surface area (Å²) in [6, 6.07) is 9.39. The highest BCUT2D eigenvalue weighted by molar-refractivity contribution is 6.30. The molecule has 19 heavy (non-hydrogen) atoms. The summed E-state index contributed by atoms with van der Waals surface area (Å²) in [6.45, 7) is 2.26. The molecule has 0 amide bonds. The summed E-state index contributed by atoms with van der Waals surface area (Å²) < 4.78 is 0. The number of nitrogens with one attached hydrogen (secondary N) is 1. The van der Waals surface area contributed by atoms with E-state index in [4.69, 9.17) is 11.6 Å². The first-order valence-electron chi connectivity index (χ1n) is 7.71. The maximum atomic E-state index is 6.09. The van der Waals surface area contributed by atoms with Crippen molar-refractivity contribution in [2.45, 2.75) is 64.0 Å². The van der Waals surface area contributed by atoms with E-state index < -0.39 is 0 Å². The van der Waals surface area contributed by atoms with Gasteiger partial charge in [0.1, 0.15) is 0 Å². The number of rotatable bonds is 3. The van der Waals surface area contributed by atoms with Gasteiger partial charge in [-0.05, 0) is 55.7 Å². The molecule has 3 rings (SSSR count). The lowest BCUT2D eigenvalue weighted by Gasteiger charge is -2.53. The molecule has 2 heteroatoms. The molecule has 2 saturated carbocycles. The van der Waals surface area contributed by atoms with Gasteiger partial charge < -0.3 is 5.32 Å². The Bertz CT molecular complexity index is 437. The van der Waals surface area contributed by atoms with Crippen molar-refractivity contribution < 1.29 is 0 Å². The second-order valence-electron chi connectivity index (χ2n) is 6.46. The third-order valence-electron chi connectivity index (χ3n) is 5.32. The number of hydrogen-bond donors (Lipinski definition) is 1. The maximum absolute atomic E-state index is 6.09. The van der Waals surface area contributed by atoms with Crippen molar-refractivity contribution in [2.75, 3.05) is 0 Å². The van der Waals surface area contributed by atoms with E-state index in [0.29, 0.717) is 11.5 Å². The smallest absolute Gasteiger partial charge is 0.0409 e. The van der Waals surface area contributed by atoms with Crippen LogP contribution in [0.5, 0.6) is 0 Å². The van der Waals surface area contributed by atoms with Crippen molar-refractivity contribution in [3.05, 3.63) is 34.9 Å². The fourth-order valence-corrected chi connectivity index (χ4v) is 4.18. The number of hydrogen-bond acceptors (Lipinski definition) is 1. The van der Waals surface area contributed by atoms with Crippen LogP contribution in [0.3, 0.4) is 0 Å². The Balaban J connectivity index is 1.65. The van der Waals surface area contributed by atoms with Crippen LogP contribution in [0, 0.1) is 5.41 Å². The highest BCUT2D eigenvalue weighted by Gasteiger charge is 2.46. The molecule has 0 saturated heterocycles. The first-order chi connectivity index (χ1) is 9.20. The Morgan fingerprint density at radius 2 is 2.00 bits per heavy atom. The second kappa shape index (κ2) is 5.46. The van der Waals surface area contributed by atoms with E-state index in [0.717, 1.165) is 11.1 Å². The fraction of sp³-hybridized carbons (Fsp3) is 0.647. The molecule has 0 bridgehead atoms. The molecule has 2 aliphatic rings. The summed E-state index contributed by atoms with van der Waals surface area (Å²) in [5.74, 6) is 0. The van der Waals surface area contributed by atoms with Crippen LogP contribution in [0.4, 0.5) is 0 Å². The van der Waals surface area contributed by atoms with Gasteiger partial charge in [0.15, 0.2) is 0 Å². The first-order valence-corrected chi connectivity index (χ1v) is 8.09. The molecule has 2 aliphatic carbocycles. The van der Waals surface area contributed by atoms with Gasteiger partial charge in [-0.3, -0.25) is 0 Å². The SMILES string of the molecule is CC(NC1CCC12CCCCC2)c1cccc(Cl)c1. The van der Waals surface area contributed by atoms with Gasteiger partial charge in [-0.15, -0.1) is 0 Å². The summed E-state index contributed by atoms with van der Waals surface area (Å²) in [4.78, 5) is 0. The largest absolute Gasteiger partial charge is 0.307 e. The van der Waals surface area contributed by atoms with Gasteiger partial charge >= 0.3 is 0 Å². The Morgan fingerprint density at radius 1 is 1.21 bits per heavy atom. The van der Waals surface area contributed by atoms with Crippen LogP contribution in [0.15, 0.2) is 24.3 Å². The van der Waals surface area contributed by atoms with Gasteiger partial charge in [0.2, 0.25) is 0 Å². The Morgan fingerprint density at radius 3 is 2.63 bits per heavy atom. The van der Waals surface area contributed by atoms with Crippen molar-refractivity contribution in [1.29, 1.82) is 0 Å². The predicted octanol–water partition coefficient (Wildman–Crippen LogP) is 5.10. The lowest BCUT2D eigenvalue weighted by molar-refractivity contribution is 0.0174. The van der Waals surface area contributed by atoms with Gasteiger partial charge in [-0.25, -0.2) is 0 Å². The molecule has 2 unspecified atom stereocenters. The van der Waals surface area contributed by atoms with Crippen molar-refractivity contribution >= 4 is 11.6 Å². The molecule has 2 atom stereocenters. The van der Waals surface area contributed by atoms with Crippen LogP contribution >= 0.6 is 11.6 Å². The standard InChI is InChI=1S/C17H24ClN/c1-13(14-6-5-7-15(18)12-14)19-16-8-11-17(16)9-3-2-4-10-17/h5-7,12-13,16,19H,2-4,8-11H2,1H3. The van der Waals surface area contributed by atoms with Crippen LogP contribution in [0.25, 0.3) is 0 Å². The Hall–Kier alpha value is -0.530. The summed E-state index contributed by atoms with van der Waals surface area (Å²) in [6.07, 6.45) is 9.98. The van der Waals surface area contributed by atoms with E-state index in [1.54, 1.807) is 0 Å². The quantitative estimate of drug-likeness (QED) is 0.810. The molecule has 1 N–H and O–H groups in total. The van der Waals surface area contributed by atoms with Crippen LogP contribution < -0.4 is 5.32 Å². The second-order valence-corrected chi connectivity index (χ2v) is 6.89. The fourth-order valence-electron chi connectivity index (χ4n) is 3.99. The monoisotopic (exact) mass is 277 g/mol. The Kier molecular flexibility index (Phi) is 3.86. The van der Waals surface area contributed by atoms with Crippen LogP contribution in [-0.2, 0) is 0 Å². The van der Waals surface area contributed by atoms with Crippen molar-refractivity contribution in [2.24, 2.45) is 5.41 Å². The zero-order chi connectivity index (χ0) is 13.3. The molecule has 1 aromatic carbocycles. The molecule has 0 aliphatic heterocycles. The minimum Gasteiger partial charge on any atom is -0.307 e. The Labute approximate surface area is 121 Å². The number of halogens is 1. The van der Waals surface area contributed by atoms with Crippen molar-refractivity contribution in [3.8, 4) is 0 Å². The normalized spacial score (nSPS) is 26.9. The van der Waals surface area contributed by atoms with Gasteiger partial charge in [-0.2, -0.15) is 0 Å². The minimum absolute atomic E-state index is 0.405. The van der Waals surface area contributed by atoms with E-state index in [9.17, 15) is 0 Å². The van der Waals surface area contributed by atoms with E-state index in [-0.39, 0.29) is 0 Å². The maximum Gasteiger partial charge on any atom is 0.0409 e. The predicted molar refractivity (Wildman–Crippen MR) is 81.5 cm³/mol. The molecular formula is C17H24ClN. The summed E-state index contributed by atoms with van der Waals surface area (Å²) in [5.41, 5.74) is 1.94. The number of benzene rings is 1. The molecule has 1 nitrogen and oxygen atoms in total. The lowest BCUT2D eigenvalue weighted by atomic mass is 9.57. The molecular weight excluding hydrogens is 254 g/mol. The van der Waals surface area contributed by atoms with E-state index >= 15 is 0 Å². The zero-order valence-electron chi connectivity index (χ0n) is 11.8. The summed E-state index contributed by atoms with van der Waals surface area (Å²) in [5, 5.41) is 4.70. The van der Waals surface area contributed by atoms with Gasteiger partial charge in [0, 0.05) is 17.1 Å². The average Bonchev–Trinajstić information content (AvgIpc) is 2.44. The van der Waals surface area contributed by atoms with Crippen molar-refractivity contribution in [3.63, 3.8) is 0 Å². The van der Waals surface area contributed by atoms with E-state index in [2.05, 4.69) is 24.4 Å². The molecule has 1 aromatic rings.